The highest BCUT2D eigenvalue weighted by atomic mass is 16.7. The van der Waals surface area contributed by atoms with Crippen molar-refractivity contribution < 1.29 is 34.0 Å². The second-order valence-electron chi connectivity index (χ2n) is 7.45. The number of likely N-dealkylation sites (tertiary alicyclic amines) is 1. The Morgan fingerprint density at radius 3 is 2.36 bits per heavy atom. The predicted molar refractivity (Wildman–Crippen MR) is 116 cm³/mol. The molecule has 1 fully saturated rings. The van der Waals surface area contributed by atoms with Crippen LogP contribution in [0.15, 0.2) is 29.4 Å². The van der Waals surface area contributed by atoms with E-state index in [2.05, 4.69) is 15.3 Å². The molecule has 2 rings (SSSR count). The number of rotatable bonds is 8. The molecule has 1 aromatic carbocycles. The molecule has 1 unspecified atom stereocenters. The molecular formula is C21H29N5O7. The highest BCUT2D eigenvalue weighted by molar-refractivity contribution is 6.00. The van der Waals surface area contributed by atoms with E-state index in [1.165, 1.54) is 24.3 Å². The lowest BCUT2D eigenvalue weighted by Crippen LogP contribution is -2.50. The van der Waals surface area contributed by atoms with Gasteiger partial charge in [0.2, 0.25) is 5.91 Å². The molecule has 0 aromatic heterocycles. The van der Waals surface area contributed by atoms with Crippen LogP contribution in [0.5, 0.6) is 0 Å². The molecule has 5 N–H and O–H groups in total. The van der Waals surface area contributed by atoms with Crippen molar-refractivity contribution >= 4 is 29.5 Å². The minimum absolute atomic E-state index is 0.0709. The first kappa shape index (κ1) is 25.6. The van der Waals surface area contributed by atoms with Crippen molar-refractivity contribution in [2.45, 2.75) is 45.3 Å². The molecule has 180 valence electrons. The van der Waals surface area contributed by atoms with Crippen molar-refractivity contribution in [1.29, 1.82) is 0 Å². The molecule has 0 bridgehead atoms. The maximum Gasteiger partial charge on any atom is 0.331 e. The zero-order chi connectivity index (χ0) is 24.4. The van der Waals surface area contributed by atoms with Gasteiger partial charge in [-0.1, -0.05) is 24.2 Å². The van der Waals surface area contributed by atoms with Crippen molar-refractivity contribution in [3.63, 3.8) is 0 Å². The van der Waals surface area contributed by atoms with E-state index >= 15 is 0 Å². The number of carbonyl (C=O) groups excluding carboxylic acids is 4. The lowest BCUT2D eigenvalue weighted by molar-refractivity contribution is -0.160. The predicted octanol–water partition coefficient (Wildman–Crippen LogP) is -0.109. The van der Waals surface area contributed by atoms with Crippen LogP contribution in [0.2, 0.25) is 0 Å². The van der Waals surface area contributed by atoms with E-state index in [0.29, 0.717) is 37.1 Å². The van der Waals surface area contributed by atoms with Gasteiger partial charge in [0.25, 0.3) is 11.8 Å². The third-order valence-corrected chi connectivity index (χ3v) is 5.04. The zero-order valence-electron chi connectivity index (χ0n) is 18.6. The number of ether oxygens (including phenoxy) is 1. The summed E-state index contributed by atoms with van der Waals surface area (Å²) in [7, 11) is 0. The number of piperidine rings is 1. The number of hydroxylamine groups is 1. The first-order valence-electron chi connectivity index (χ1n) is 10.5. The van der Waals surface area contributed by atoms with Gasteiger partial charge in [0.15, 0.2) is 5.84 Å². The largest absolute Gasteiger partial charge is 0.409 e. The topological polar surface area (TPSA) is 173 Å². The fraction of sp³-hybridized carbons (Fsp3) is 0.476. The van der Waals surface area contributed by atoms with E-state index < -0.39 is 23.8 Å². The van der Waals surface area contributed by atoms with E-state index in [4.69, 9.17) is 15.7 Å². The molecule has 1 aliphatic rings. The number of oxime groups is 1. The van der Waals surface area contributed by atoms with Crippen molar-refractivity contribution in [3.8, 4) is 0 Å². The molecule has 12 heteroatoms. The van der Waals surface area contributed by atoms with Crippen LogP contribution in [0.1, 0.15) is 49.0 Å². The zero-order valence-corrected chi connectivity index (χ0v) is 18.6. The summed E-state index contributed by atoms with van der Waals surface area (Å²) in [5.41, 5.74) is 8.31. The average molecular weight is 463 g/mol. The Morgan fingerprint density at radius 2 is 1.79 bits per heavy atom. The van der Waals surface area contributed by atoms with Gasteiger partial charge in [-0.25, -0.2) is 4.79 Å². The van der Waals surface area contributed by atoms with Crippen LogP contribution in [0.4, 0.5) is 0 Å². The van der Waals surface area contributed by atoms with Crippen molar-refractivity contribution in [2.75, 3.05) is 19.7 Å². The molecule has 0 radical (unpaired) electrons. The SMILES string of the molecule is CCC(=O)ONC(=O)COC1CCN(C(=O)C(C)NC(=O)c2ccc(/C(N)=N/O)cc2)CC1. The third kappa shape index (κ3) is 7.75. The molecule has 1 aromatic rings. The summed E-state index contributed by atoms with van der Waals surface area (Å²) in [5, 5.41) is 14.3. The average Bonchev–Trinajstić information content (AvgIpc) is 2.85. The Bertz CT molecular complexity index is 879. The fourth-order valence-corrected chi connectivity index (χ4v) is 3.12. The number of hydrogen-bond acceptors (Lipinski definition) is 8. The van der Waals surface area contributed by atoms with Crippen LogP contribution < -0.4 is 16.5 Å². The van der Waals surface area contributed by atoms with Gasteiger partial charge in [-0.15, -0.1) is 0 Å². The molecule has 0 aliphatic carbocycles. The maximum atomic E-state index is 12.7. The Balaban J connectivity index is 1.75. The van der Waals surface area contributed by atoms with Crippen LogP contribution in [0.25, 0.3) is 0 Å². The van der Waals surface area contributed by atoms with E-state index in [1.807, 2.05) is 5.48 Å². The number of benzene rings is 1. The maximum absolute atomic E-state index is 12.7. The summed E-state index contributed by atoms with van der Waals surface area (Å²) in [6.45, 7) is 3.80. The quantitative estimate of drug-likeness (QED) is 0.179. The van der Waals surface area contributed by atoms with Gasteiger partial charge in [-0.05, 0) is 31.9 Å². The van der Waals surface area contributed by atoms with Gasteiger partial charge in [0, 0.05) is 30.6 Å². The highest BCUT2D eigenvalue weighted by Crippen LogP contribution is 2.15. The minimum atomic E-state index is -0.738. The van der Waals surface area contributed by atoms with Crippen molar-refractivity contribution in [3.05, 3.63) is 35.4 Å². The monoisotopic (exact) mass is 463 g/mol. The van der Waals surface area contributed by atoms with Crippen LogP contribution >= 0.6 is 0 Å². The van der Waals surface area contributed by atoms with Crippen LogP contribution in [-0.4, -0.2) is 71.5 Å². The summed E-state index contributed by atoms with van der Waals surface area (Å²) < 4.78 is 5.51. The molecule has 3 amide bonds. The molecule has 0 spiro atoms. The van der Waals surface area contributed by atoms with Gasteiger partial charge in [0.05, 0.1) is 6.10 Å². The number of amides is 3. The van der Waals surface area contributed by atoms with Crippen LogP contribution in [0, 0.1) is 0 Å². The Hall–Kier alpha value is -3.67. The van der Waals surface area contributed by atoms with Crippen LogP contribution in [0.3, 0.4) is 0 Å². The molecule has 1 heterocycles. The number of nitrogens with one attached hydrogen (secondary N) is 2. The van der Waals surface area contributed by atoms with Gasteiger partial charge >= 0.3 is 5.97 Å². The summed E-state index contributed by atoms with van der Waals surface area (Å²) in [4.78, 5) is 53.9. The summed E-state index contributed by atoms with van der Waals surface area (Å²) in [6, 6.07) is 5.37. The third-order valence-electron chi connectivity index (χ3n) is 5.04. The van der Waals surface area contributed by atoms with Gasteiger partial charge in [0.1, 0.15) is 12.6 Å². The van der Waals surface area contributed by atoms with Gasteiger partial charge in [-0.3, -0.25) is 14.4 Å². The number of amidine groups is 1. The molecule has 0 saturated carbocycles. The first-order valence-corrected chi connectivity index (χ1v) is 10.5. The standard InChI is InChI=1S/C21H29N5O7/c1-3-18(28)33-25-17(27)12-32-16-8-10-26(11-9-16)21(30)13(2)23-20(29)15-6-4-14(5-7-15)19(22)24-31/h4-7,13,16,31H,3,8-12H2,1-2H3,(H2,22,24)(H,23,29)(H,25,27). The smallest absolute Gasteiger partial charge is 0.331 e. The highest BCUT2D eigenvalue weighted by Gasteiger charge is 2.27. The number of hydrogen-bond donors (Lipinski definition) is 4. The molecule has 1 atom stereocenters. The molecule has 12 nitrogen and oxygen atoms in total. The minimum Gasteiger partial charge on any atom is -0.409 e. The van der Waals surface area contributed by atoms with E-state index in [-0.39, 0.29) is 30.9 Å². The Labute approximate surface area is 191 Å². The molecule has 1 saturated heterocycles. The Morgan fingerprint density at radius 1 is 1.18 bits per heavy atom. The van der Waals surface area contributed by atoms with E-state index in [1.54, 1.807) is 18.7 Å². The van der Waals surface area contributed by atoms with Gasteiger partial charge < -0.3 is 30.7 Å². The summed E-state index contributed by atoms with van der Waals surface area (Å²) in [6.07, 6.45) is 1.00. The van der Waals surface area contributed by atoms with E-state index in [9.17, 15) is 19.2 Å². The molecular weight excluding hydrogens is 434 g/mol. The second-order valence-corrected chi connectivity index (χ2v) is 7.45. The Kier molecular flexibility index (Phi) is 9.61. The summed E-state index contributed by atoms with van der Waals surface area (Å²) in [5.74, 6) is -1.83. The first-order chi connectivity index (χ1) is 15.7. The normalized spacial score (nSPS) is 15.5. The number of nitrogens with zero attached hydrogens (tertiary/aromatic N) is 2. The lowest BCUT2D eigenvalue weighted by Gasteiger charge is -2.33. The fourth-order valence-electron chi connectivity index (χ4n) is 3.12. The van der Waals surface area contributed by atoms with Gasteiger partial charge in [-0.2, -0.15) is 5.48 Å². The lowest BCUT2D eigenvalue weighted by atomic mass is 10.1. The molecule has 1 aliphatic heterocycles. The van der Waals surface area contributed by atoms with E-state index in [0.717, 1.165) is 0 Å². The second kappa shape index (κ2) is 12.4. The number of carbonyl (C=O) groups is 4. The molecule has 33 heavy (non-hydrogen) atoms. The summed E-state index contributed by atoms with van der Waals surface area (Å²) >= 11 is 0. The van der Waals surface area contributed by atoms with Crippen molar-refractivity contribution in [2.24, 2.45) is 10.9 Å². The van der Waals surface area contributed by atoms with Crippen molar-refractivity contribution in [1.82, 2.24) is 15.7 Å². The van der Waals surface area contributed by atoms with Crippen LogP contribution in [-0.2, 0) is 24.0 Å². The number of nitrogens with two attached hydrogens (primary N) is 1.